The number of halogens is 2. The van der Waals surface area contributed by atoms with Gasteiger partial charge in [-0.1, -0.05) is 19.1 Å². The van der Waals surface area contributed by atoms with Crippen LogP contribution in [0.3, 0.4) is 0 Å². The smallest absolute Gasteiger partial charge is 0.217 e. The topological polar surface area (TPSA) is 79.2 Å². The van der Waals surface area contributed by atoms with Gasteiger partial charge in [0, 0.05) is 37.5 Å². The van der Waals surface area contributed by atoms with Crippen LogP contribution in [0.15, 0.2) is 60.9 Å². The quantitative estimate of drug-likeness (QED) is 0.464. The van der Waals surface area contributed by atoms with Crippen molar-refractivity contribution in [1.29, 1.82) is 0 Å². The number of carbonyl (C=O) groups is 1. The molecule has 6 nitrogen and oxygen atoms in total. The van der Waals surface area contributed by atoms with E-state index < -0.39 is 23.8 Å². The second-order valence-corrected chi connectivity index (χ2v) is 8.81. The van der Waals surface area contributed by atoms with Gasteiger partial charge in [0.25, 0.3) is 0 Å². The molecule has 4 rings (SSSR count). The summed E-state index contributed by atoms with van der Waals surface area (Å²) in [7, 11) is 0. The van der Waals surface area contributed by atoms with Crippen molar-refractivity contribution in [3.05, 3.63) is 83.7 Å². The van der Waals surface area contributed by atoms with E-state index in [4.69, 9.17) is 0 Å². The van der Waals surface area contributed by atoms with E-state index in [9.17, 15) is 18.7 Å². The van der Waals surface area contributed by atoms with Crippen molar-refractivity contribution < 1.29 is 18.7 Å². The van der Waals surface area contributed by atoms with E-state index in [0.717, 1.165) is 23.7 Å². The van der Waals surface area contributed by atoms with Crippen LogP contribution < -0.4 is 10.6 Å². The molecule has 4 unspecified atom stereocenters. The monoisotopic (exact) mass is 454 g/mol. The molecule has 3 aromatic rings. The number of amides is 1. The number of aliphatic hydroxyl groups is 1. The number of nitrogens with zero attached hydrogens (tertiary/aromatic N) is 2. The Hall–Kier alpha value is -3.10. The highest BCUT2D eigenvalue weighted by Crippen LogP contribution is 2.51. The van der Waals surface area contributed by atoms with Crippen molar-refractivity contribution in [3.63, 3.8) is 0 Å². The van der Waals surface area contributed by atoms with Gasteiger partial charge in [0.2, 0.25) is 5.91 Å². The van der Waals surface area contributed by atoms with Crippen LogP contribution in [0.1, 0.15) is 31.4 Å². The molecule has 1 amide bonds. The Morgan fingerprint density at radius 1 is 1.24 bits per heavy atom. The summed E-state index contributed by atoms with van der Waals surface area (Å²) in [6.45, 7) is 3.70. The Balaban J connectivity index is 1.48. The van der Waals surface area contributed by atoms with Crippen LogP contribution in [0.5, 0.6) is 0 Å². The molecule has 0 aliphatic heterocycles. The van der Waals surface area contributed by atoms with Gasteiger partial charge < -0.3 is 15.7 Å². The predicted molar refractivity (Wildman–Crippen MR) is 121 cm³/mol. The van der Waals surface area contributed by atoms with Gasteiger partial charge in [-0.3, -0.25) is 4.79 Å². The third kappa shape index (κ3) is 5.29. The number of nitrogens with one attached hydrogen (secondary N) is 2. The minimum absolute atomic E-state index is 0.106. The van der Waals surface area contributed by atoms with E-state index in [-0.39, 0.29) is 24.4 Å². The molecule has 1 aromatic heterocycles. The fraction of sp³-hybridized carbons (Fsp3) is 0.360. The summed E-state index contributed by atoms with van der Waals surface area (Å²) < 4.78 is 29.0. The van der Waals surface area contributed by atoms with Crippen molar-refractivity contribution in [2.24, 2.45) is 5.92 Å². The molecule has 1 saturated carbocycles. The third-order valence-corrected chi connectivity index (χ3v) is 6.30. The molecule has 33 heavy (non-hydrogen) atoms. The number of rotatable bonds is 9. The van der Waals surface area contributed by atoms with Gasteiger partial charge in [0.15, 0.2) is 0 Å². The number of benzene rings is 2. The molecule has 0 bridgehead atoms. The number of hydrogen-bond acceptors (Lipinski definition) is 4. The maximum atomic E-state index is 13.6. The maximum Gasteiger partial charge on any atom is 0.217 e. The summed E-state index contributed by atoms with van der Waals surface area (Å²) in [5.41, 5.74) is 2.11. The van der Waals surface area contributed by atoms with Crippen LogP contribution in [0.2, 0.25) is 0 Å². The second-order valence-electron chi connectivity index (χ2n) is 8.81. The molecule has 0 saturated heterocycles. The molecular formula is C25H28F2N4O2. The van der Waals surface area contributed by atoms with E-state index in [1.54, 1.807) is 10.9 Å². The molecule has 0 spiro atoms. The summed E-state index contributed by atoms with van der Waals surface area (Å²) >= 11 is 0. The lowest BCUT2D eigenvalue weighted by molar-refractivity contribution is -0.120. The molecule has 4 atom stereocenters. The average Bonchev–Trinajstić information content (AvgIpc) is 3.15. The molecule has 1 aliphatic rings. The zero-order chi connectivity index (χ0) is 23.6. The Morgan fingerprint density at radius 2 is 1.97 bits per heavy atom. The van der Waals surface area contributed by atoms with E-state index in [1.165, 1.54) is 19.1 Å². The van der Waals surface area contributed by atoms with Gasteiger partial charge in [-0.15, -0.1) is 0 Å². The van der Waals surface area contributed by atoms with E-state index in [1.807, 2.05) is 24.4 Å². The van der Waals surface area contributed by atoms with Crippen molar-refractivity contribution in [2.45, 2.75) is 44.4 Å². The van der Waals surface area contributed by atoms with E-state index >= 15 is 0 Å². The third-order valence-electron chi connectivity index (χ3n) is 6.30. The van der Waals surface area contributed by atoms with Gasteiger partial charge in [0.1, 0.15) is 11.6 Å². The molecule has 1 aliphatic carbocycles. The van der Waals surface area contributed by atoms with Gasteiger partial charge in [-0.05, 0) is 60.2 Å². The van der Waals surface area contributed by atoms with Crippen LogP contribution in [0.25, 0.3) is 5.69 Å². The molecule has 8 heteroatoms. The lowest BCUT2D eigenvalue weighted by Gasteiger charge is -2.27. The largest absolute Gasteiger partial charge is 0.390 e. The Bertz CT molecular complexity index is 1100. The predicted octanol–water partition coefficient (Wildman–Crippen LogP) is 3.08. The molecule has 0 radical (unpaired) electrons. The van der Waals surface area contributed by atoms with Gasteiger partial charge >= 0.3 is 0 Å². The Labute approximate surface area is 191 Å². The van der Waals surface area contributed by atoms with Gasteiger partial charge in [0.05, 0.1) is 17.8 Å². The Morgan fingerprint density at radius 3 is 2.58 bits per heavy atom. The second kappa shape index (κ2) is 9.41. The van der Waals surface area contributed by atoms with Crippen LogP contribution >= 0.6 is 0 Å². The number of carbonyl (C=O) groups excluding carboxylic acids is 1. The first kappa shape index (κ1) is 23.1. The normalized spacial score (nSPS) is 21.4. The first-order valence-corrected chi connectivity index (χ1v) is 11.0. The molecule has 2 aromatic carbocycles. The van der Waals surface area contributed by atoms with Gasteiger partial charge in [-0.2, -0.15) is 5.10 Å². The molecule has 3 N–H and O–H groups in total. The molecular weight excluding hydrogens is 426 g/mol. The minimum atomic E-state index is -0.959. The number of hydrogen-bond donors (Lipinski definition) is 3. The summed E-state index contributed by atoms with van der Waals surface area (Å²) in [5.74, 6) is -1.35. The zero-order valence-electron chi connectivity index (χ0n) is 18.6. The molecule has 1 heterocycles. The standard InChI is InChI=1S/C25H28F2N4O2/c1-16-14-25(16,19-5-3-6-22(12-19)31-8-4-7-29-31)28-15-24(33)23(30-17(2)32)11-18-9-20(26)13-21(27)10-18/h3-10,12-13,16,23-24,28,33H,11,14-15H2,1-2H3,(H,30,32). The van der Waals surface area contributed by atoms with Crippen LogP contribution in [-0.2, 0) is 16.8 Å². The van der Waals surface area contributed by atoms with Crippen LogP contribution in [0, 0.1) is 17.6 Å². The SMILES string of the molecule is CC(=O)NC(Cc1cc(F)cc(F)c1)C(O)CNC1(c2cccc(-n3cccn3)c2)CC1C. The summed E-state index contributed by atoms with van der Waals surface area (Å²) in [6, 6.07) is 12.5. The highest BCUT2D eigenvalue weighted by atomic mass is 19.1. The van der Waals surface area contributed by atoms with Crippen LogP contribution in [0.4, 0.5) is 8.78 Å². The Kier molecular flexibility index (Phi) is 6.58. The van der Waals surface area contributed by atoms with Crippen LogP contribution in [-0.4, -0.2) is 39.5 Å². The lowest BCUT2D eigenvalue weighted by Crippen LogP contribution is -2.50. The van der Waals surface area contributed by atoms with E-state index in [2.05, 4.69) is 34.8 Å². The number of aromatic nitrogens is 2. The fourth-order valence-electron chi connectivity index (χ4n) is 4.48. The highest BCUT2D eigenvalue weighted by Gasteiger charge is 2.52. The summed E-state index contributed by atoms with van der Waals surface area (Å²) in [6.07, 6.45) is 3.66. The minimum Gasteiger partial charge on any atom is -0.390 e. The van der Waals surface area contributed by atoms with Crippen molar-refractivity contribution in [3.8, 4) is 5.69 Å². The first-order valence-electron chi connectivity index (χ1n) is 11.0. The van der Waals surface area contributed by atoms with Crippen molar-refractivity contribution in [2.75, 3.05) is 6.54 Å². The van der Waals surface area contributed by atoms with Crippen molar-refractivity contribution in [1.82, 2.24) is 20.4 Å². The van der Waals surface area contributed by atoms with Crippen molar-refractivity contribution >= 4 is 5.91 Å². The summed E-state index contributed by atoms with van der Waals surface area (Å²) in [5, 5.41) is 21.4. The number of aliphatic hydroxyl groups excluding tert-OH is 1. The zero-order valence-corrected chi connectivity index (χ0v) is 18.6. The highest BCUT2D eigenvalue weighted by molar-refractivity contribution is 5.73. The van der Waals surface area contributed by atoms with E-state index in [0.29, 0.717) is 11.5 Å². The lowest BCUT2D eigenvalue weighted by atomic mass is 9.98. The fourth-order valence-corrected chi connectivity index (χ4v) is 4.48. The molecule has 1 fully saturated rings. The summed E-state index contributed by atoms with van der Waals surface area (Å²) in [4.78, 5) is 11.7. The average molecular weight is 455 g/mol. The molecule has 174 valence electrons. The first-order chi connectivity index (χ1) is 15.8. The van der Waals surface area contributed by atoms with Gasteiger partial charge in [-0.25, -0.2) is 13.5 Å². The maximum absolute atomic E-state index is 13.6.